The first kappa shape index (κ1) is 27.1. The van der Waals surface area contributed by atoms with E-state index in [0.717, 1.165) is 54.5 Å². The fraction of sp³-hybridized carbons (Fsp3) is 0.467. The van der Waals surface area contributed by atoms with Crippen LogP contribution in [-0.2, 0) is 22.1 Å². The third-order valence-corrected chi connectivity index (χ3v) is 8.67. The third kappa shape index (κ3) is 6.50. The first-order chi connectivity index (χ1) is 17.7. The maximum absolute atomic E-state index is 13.7. The van der Waals surface area contributed by atoms with Crippen molar-refractivity contribution in [2.45, 2.75) is 83.3 Å². The first-order valence-corrected chi connectivity index (χ1v) is 15.0. The van der Waals surface area contributed by atoms with Gasteiger partial charge >= 0.3 is 0 Å². The largest absolute Gasteiger partial charge is 0.332 e. The van der Waals surface area contributed by atoms with Crippen molar-refractivity contribution in [3.8, 4) is 0 Å². The summed E-state index contributed by atoms with van der Waals surface area (Å²) in [6, 6.07) is 15.3. The molecule has 198 valence electrons. The number of benzene rings is 2. The molecule has 0 unspecified atom stereocenters. The minimum Gasteiger partial charge on any atom is -0.332 e. The molecular formula is C30H39N3O3S. The number of nitrogens with zero attached hydrogens (tertiary/aromatic N) is 3. The van der Waals surface area contributed by atoms with Crippen molar-refractivity contribution in [1.82, 2.24) is 14.5 Å². The zero-order valence-corrected chi connectivity index (χ0v) is 23.3. The van der Waals surface area contributed by atoms with Crippen molar-refractivity contribution in [3.63, 3.8) is 0 Å². The van der Waals surface area contributed by atoms with E-state index in [-0.39, 0.29) is 28.8 Å². The summed E-state index contributed by atoms with van der Waals surface area (Å²) in [5.74, 6) is 0.145. The Labute approximate surface area is 221 Å². The van der Waals surface area contributed by atoms with E-state index >= 15 is 0 Å². The lowest BCUT2D eigenvalue weighted by Gasteiger charge is -2.30. The van der Waals surface area contributed by atoms with Gasteiger partial charge in [0.1, 0.15) is 0 Å². The fourth-order valence-corrected chi connectivity index (χ4v) is 6.91. The van der Waals surface area contributed by atoms with Crippen LogP contribution in [0, 0.1) is 19.8 Å². The minimum absolute atomic E-state index is 0.0348. The Balaban J connectivity index is 1.72. The average Bonchev–Trinajstić information content (AvgIpc) is 3.28. The quantitative estimate of drug-likeness (QED) is 0.332. The van der Waals surface area contributed by atoms with Gasteiger partial charge in [0, 0.05) is 18.2 Å². The summed E-state index contributed by atoms with van der Waals surface area (Å²) in [5.41, 5.74) is 4.19. The van der Waals surface area contributed by atoms with E-state index in [0.29, 0.717) is 18.7 Å². The van der Waals surface area contributed by atoms with Crippen molar-refractivity contribution < 1.29 is 13.2 Å². The lowest BCUT2D eigenvalue weighted by Crippen LogP contribution is -2.35. The van der Waals surface area contributed by atoms with Crippen LogP contribution in [0.1, 0.15) is 84.7 Å². The van der Waals surface area contributed by atoms with Crippen LogP contribution >= 0.6 is 0 Å². The Morgan fingerprint density at radius 2 is 1.78 bits per heavy atom. The minimum atomic E-state index is -3.68. The highest BCUT2D eigenvalue weighted by Crippen LogP contribution is 2.33. The van der Waals surface area contributed by atoms with Gasteiger partial charge in [0.05, 0.1) is 24.2 Å². The molecule has 0 aliphatic heterocycles. The number of hydrogen-bond donors (Lipinski definition) is 0. The molecule has 1 aromatic heterocycles. The van der Waals surface area contributed by atoms with Gasteiger partial charge in [-0.3, -0.25) is 4.79 Å². The van der Waals surface area contributed by atoms with Gasteiger partial charge in [0.2, 0.25) is 15.0 Å². The van der Waals surface area contributed by atoms with Gasteiger partial charge in [-0.25, -0.2) is 13.4 Å². The molecule has 4 rings (SSSR count). The van der Waals surface area contributed by atoms with Crippen LogP contribution in [-0.4, -0.2) is 35.3 Å². The number of sulfone groups is 1. The molecule has 1 fully saturated rings. The number of rotatable bonds is 9. The summed E-state index contributed by atoms with van der Waals surface area (Å²) in [5, 5.41) is 0.128. The molecule has 1 saturated carbocycles. The molecule has 0 atom stereocenters. The smallest absolute Gasteiger partial charge is 0.254 e. The molecule has 7 heteroatoms. The molecule has 0 saturated heterocycles. The monoisotopic (exact) mass is 521 g/mol. The number of amides is 1. The first-order valence-electron chi connectivity index (χ1n) is 13.3. The Morgan fingerprint density at radius 3 is 2.46 bits per heavy atom. The fourth-order valence-electron chi connectivity index (χ4n) is 5.38. The van der Waals surface area contributed by atoms with Gasteiger partial charge < -0.3 is 9.47 Å². The predicted molar refractivity (Wildman–Crippen MR) is 147 cm³/mol. The summed E-state index contributed by atoms with van der Waals surface area (Å²) < 4.78 is 29.3. The van der Waals surface area contributed by atoms with E-state index in [9.17, 15) is 13.2 Å². The molecule has 0 bridgehead atoms. The Bertz CT molecular complexity index is 1340. The van der Waals surface area contributed by atoms with Gasteiger partial charge in [0.15, 0.2) is 0 Å². The number of aryl methyl sites for hydroxylation is 2. The van der Waals surface area contributed by atoms with Crippen LogP contribution in [0.15, 0.2) is 59.9 Å². The molecule has 0 spiro atoms. The number of hydrogen-bond acceptors (Lipinski definition) is 4. The van der Waals surface area contributed by atoms with E-state index in [4.69, 9.17) is 0 Å². The van der Waals surface area contributed by atoms with E-state index in [1.54, 1.807) is 6.20 Å². The van der Waals surface area contributed by atoms with Crippen molar-refractivity contribution in [2.75, 3.05) is 6.54 Å². The van der Waals surface area contributed by atoms with Crippen LogP contribution in [0.25, 0.3) is 0 Å². The van der Waals surface area contributed by atoms with E-state index in [2.05, 4.69) is 18.8 Å². The van der Waals surface area contributed by atoms with Gasteiger partial charge in [0.25, 0.3) is 5.91 Å². The molecule has 1 aliphatic rings. The average molecular weight is 522 g/mol. The molecule has 1 heterocycles. The molecule has 1 amide bonds. The molecule has 2 aromatic carbocycles. The molecule has 6 nitrogen and oxygen atoms in total. The highest BCUT2D eigenvalue weighted by molar-refractivity contribution is 7.90. The molecule has 37 heavy (non-hydrogen) atoms. The second-order valence-electron chi connectivity index (χ2n) is 10.8. The summed E-state index contributed by atoms with van der Waals surface area (Å²) >= 11 is 0. The summed E-state index contributed by atoms with van der Waals surface area (Å²) in [6.45, 7) is 9.00. The van der Waals surface area contributed by atoms with E-state index < -0.39 is 9.84 Å². The maximum atomic E-state index is 13.7. The lowest BCUT2D eigenvalue weighted by atomic mass is 9.95. The zero-order chi connectivity index (χ0) is 26.6. The molecule has 0 radical (unpaired) electrons. The zero-order valence-electron chi connectivity index (χ0n) is 22.5. The second kappa shape index (κ2) is 11.6. The van der Waals surface area contributed by atoms with Gasteiger partial charge in [-0.2, -0.15) is 0 Å². The summed E-state index contributed by atoms with van der Waals surface area (Å²) in [7, 11) is -3.68. The van der Waals surface area contributed by atoms with Crippen LogP contribution in [0.5, 0.6) is 0 Å². The van der Waals surface area contributed by atoms with Crippen molar-refractivity contribution in [2.24, 2.45) is 5.92 Å². The standard InChI is InChI=1S/C30H39N3O3S/c1-22(2)19-32(29(34)28-16-9-8-12-24(28)4)20-27-18-31-30(33(27)26-14-6-5-7-15-26)37(35,36)21-25-13-10-11-23(3)17-25/h8-13,16-18,22,26H,5-7,14-15,19-21H2,1-4H3. The molecular weight excluding hydrogens is 482 g/mol. The van der Waals surface area contributed by atoms with Crippen LogP contribution in [0.3, 0.4) is 0 Å². The van der Waals surface area contributed by atoms with Crippen LogP contribution in [0.2, 0.25) is 0 Å². The summed E-state index contributed by atoms with van der Waals surface area (Å²) in [6.07, 6.45) is 6.82. The number of carbonyl (C=O) groups is 1. The van der Waals surface area contributed by atoms with Gasteiger partial charge in [-0.15, -0.1) is 0 Å². The van der Waals surface area contributed by atoms with Crippen molar-refractivity contribution in [1.29, 1.82) is 0 Å². The second-order valence-corrected chi connectivity index (χ2v) is 12.7. The SMILES string of the molecule is Cc1cccc(CS(=O)(=O)c2ncc(CN(CC(C)C)C(=O)c3ccccc3C)n2C2CCCCC2)c1. The number of imidazole rings is 1. The normalized spacial score (nSPS) is 14.7. The van der Waals surface area contributed by atoms with E-state index in [1.165, 1.54) is 0 Å². The molecule has 0 N–H and O–H groups in total. The van der Waals surface area contributed by atoms with Crippen LogP contribution in [0.4, 0.5) is 0 Å². The molecule has 3 aromatic rings. The Morgan fingerprint density at radius 1 is 1.05 bits per heavy atom. The lowest BCUT2D eigenvalue weighted by molar-refractivity contribution is 0.0715. The number of aromatic nitrogens is 2. The van der Waals surface area contributed by atoms with Crippen LogP contribution < -0.4 is 0 Å². The summed E-state index contributed by atoms with van der Waals surface area (Å²) in [4.78, 5) is 20.0. The Hall–Kier alpha value is -2.93. The maximum Gasteiger partial charge on any atom is 0.254 e. The van der Waals surface area contributed by atoms with Crippen molar-refractivity contribution in [3.05, 3.63) is 82.7 Å². The highest BCUT2D eigenvalue weighted by Gasteiger charge is 2.30. The predicted octanol–water partition coefficient (Wildman–Crippen LogP) is 6.28. The topological polar surface area (TPSA) is 72.3 Å². The van der Waals surface area contributed by atoms with E-state index in [1.807, 2.05) is 71.8 Å². The van der Waals surface area contributed by atoms with Gasteiger partial charge in [-0.1, -0.05) is 81.1 Å². The van der Waals surface area contributed by atoms with Gasteiger partial charge in [-0.05, 0) is 49.8 Å². The third-order valence-electron chi connectivity index (χ3n) is 7.10. The highest BCUT2D eigenvalue weighted by atomic mass is 32.2. The molecule has 1 aliphatic carbocycles. The Kier molecular flexibility index (Phi) is 8.53. The van der Waals surface area contributed by atoms with Crippen molar-refractivity contribution >= 4 is 15.7 Å². The number of carbonyl (C=O) groups excluding carboxylic acids is 1.